The number of rotatable bonds is 7. The Balaban J connectivity index is 1.86. The molecule has 0 bridgehead atoms. The molecule has 0 amide bonds. The van der Waals surface area contributed by atoms with E-state index in [2.05, 4.69) is 5.32 Å². The van der Waals surface area contributed by atoms with Crippen LogP contribution in [0.2, 0.25) is 5.02 Å². The number of carbonyl (C=O) groups is 1. The quantitative estimate of drug-likeness (QED) is 0.325. The largest absolute Gasteiger partial charge is 0.378 e. The molecule has 0 heterocycles. The molecule has 1 unspecified atom stereocenters. The summed E-state index contributed by atoms with van der Waals surface area (Å²) < 4.78 is 0. The van der Waals surface area contributed by atoms with Crippen LogP contribution in [0, 0.1) is 10.1 Å². The van der Waals surface area contributed by atoms with Gasteiger partial charge in [-0.1, -0.05) is 54.1 Å². The van der Waals surface area contributed by atoms with E-state index in [9.17, 15) is 14.9 Å². The Morgan fingerprint density at radius 3 is 2.19 bits per heavy atom. The monoisotopic (exact) mass is 380 g/mol. The number of hydrogen-bond donors (Lipinski definition) is 1. The summed E-state index contributed by atoms with van der Waals surface area (Å²) in [6, 6.07) is 22.1. The average molecular weight is 381 g/mol. The molecule has 0 saturated carbocycles. The topological polar surface area (TPSA) is 72.2 Å². The van der Waals surface area contributed by atoms with Crippen molar-refractivity contribution in [1.29, 1.82) is 0 Å². The van der Waals surface area contributed by atoms with E-state index in [1.165, 1.54) is 12.1 Å². The number of carbonyl (C=O) groups excluding carboxylic acids is 1. The average Bonchev–Trinajstić information content (AvgIpc) is 2.70. The van der Waals surface area contributed by atoms with Crippen LogP contribution in [0.3, 0.4) is 0 Å². The van der Waals surface area contributed by atoms with Crippen LogP contribution < -0.4 is 5.32 Å². The van der Waals surface area contributed by atoms with Gasteiger partial charge in [0.15, 0.2) is 5.78 Å². The van der Waals surface area contributed by atoms with Crippen molar-refractivity contribution in [2.75, 3.05) is 5.32 Å². The molecule has 0 radical (unpaired) electrons. The number of nitro groups is 1. The van der Waals surface area contributed by atoms with Gasteiger partial charge in [0.2, 0.25) is 0 Å². The number of non-ortho nitro benzene ring substituents is 1. The molecule has 6 heteroatoms. The number of nitrogens with one attached hydrogen (secondary N) is 1. The van der Waals surface area contributed by atoms with Gasteiger partial charge in [0.1, 0.15) is 0 Å². The second kappa shape index (κ2) is 8.47. The first-order chi connectivity index (χ1) is 13.0. The highest BCUT2D eigenvalue weighted by Gasteiger charge is 2.18. The summed E-state index contributed by atoms with van der Waals surface area (Å²) >= 11 is 5.93. The minimum absolute atomic E-state index is 0.0124. The van der Waals surface area contributed by atoms with Crippen molar-refractivity contribution in [3.63, 3.8) is 0 Å². The van der Waals surface area contributed by atoms with Gasteiger partial charge >= 0.3 is 0 Å². The molecule has 0 aliphatic rings. The van der Waals surface area contributed by atoms with E-state index in [0.717, 1.165) is 11.3 Å². The van der Waals surface area contributed by atoms with Gasteiger partial charge in [-0.05, 0) is 29.8 Å². The number of halogens is 1. The van der Waals surface area contributed by atoms with Crippen LogP contribution in [0.4, 0.5) is 11.4 Å². The highest BCUT2D eigenvalue weighted by Crippen LogP contribution is 2.27. The van der Waals surface area contributed by atoms with Gasteiger partial charge in [-0.3, -0.25) is 14.9 Å². The molecule has 3 aromatic carbocycles. The van der Waals surface area contributed by atoms with Crippen molar-refractivity contribution in [3.8, 4) is 0 Å². The second-order valence-electron chi connectivity index (χ2n) is 6.05. The van der Waals surface area contributed by atoms with E-state index in [4.69, 9.17) is 11.6 Å². The summed E-state index contributed by atoms with van der Waals surface area (Å²) in [6.07, 6.45) is 0.213. The smallest absolute Gasteiger partial charge is 0.269 e. The normalized spacial score (nSPS) is 11.6. The maximum absolute atomic E-state index is 12.7. The molecule has 0 saturated heterocycles. The summed E-state index contributed by atoms with van der Waals surface area (Å²) in [5.74, 6) is -0.0135. The molecule has 5 nitrogen and oxygen atoms in total. The second-order valence-corrected chi connectivity index (χ2v) is 6.48. The molecule has 0 aliphatic heterocycles. The molecular weight excluding hydrogens is 364 g/mol. The van der Waals surface area contributed by atoms with E-state index in [0.29, 0.717) is 10.6 Å². The summed E-state index contributed by atoms with van der Waals surface area (Å²) in [5.41, 5.74) is 2.24. The van der Waals surface area contributed by atoms with Gasteiger partial charge in [-0.25, -0.2) is 0 Å². The standard InChI is InChI=1S/C21H17ClN2O3/c22-17-8-10-18(11-9-17)23-20(14-21(25)16-4-2-1-3-5-16)15-6-12-19(13-7-15)24(26)27/h1-13,20,23H,14H2. The van der Waals surface area contributed by atoms with Crippen molar-refractivity contribution >= 4 is 28.8 Å². The van der Waals surface area contributed by atoms with Crippen molar-refractivity contribution in [3.05, 3.63) is 105 Å². The van der Waals surface area contributed by atoms with Gasteiger partial charge in [0, 0.05) is 34.8 Å². The van der Waals surface area contributed by atoms with Crippen LogP contribution >= 0.6 is 11.6 Å². The van der Waals surface area contributed by atoms with Crippen molar-refractivity contribution in [2.45, 2.75) is 12.5 Å². The summed E-state index contributed by atoms with van der Waals surface area (Å²) in [5, 5.41) is 14.8. The van der Waals surface area contributed by atoms with Gasteiger partial charge in [-0.15, -0.1) is 0 Å². The molecular formula is C21H17ClN2O3. The highest BCUT2D eigenvalue weighted by molar-refractivity contribution is 6.30. The van der Waals surface area contributed by atoms with Crippen LogP contribution in [0.5, 0.6) is 0 Å². The van der Waals surface area contributed by atoms with Gasteiger partial charge in [-0.2, -0.15) is 0 Å². The van der Waals surface area contributed by atoms with Crippen LogP contribution in [0.1, 0.15) is 28.4 Å². The number of hydrogen-bond acceptors (Lipinski definition) is 4. The Labute approximate surface area is 161 Å². The predicted molar refractivity (Wildman–Crippen MR) is 106 cm³/mol. The van der Waals surface area contributed by atoms with Crippen LogP contribution in [-0.4, -0.2) is 10.7 Å². The molecule has 27 heavy (non-hydrogen) atoms. The summed E-state index contributed by atoms with van der Waals surface area (Å²) in [4.78, 5) is 23.1. The first-order valence-corrected chi connectivity index (χ1v) is 8.75. The predicted octanol–water partition coefficient (Wildman–Crippen LogP) is 5.67. The van der Waals surface area contributed by atoms with Gasteiger partial charge < -0.3 is 5.32 Å². The first-order valence-electron chi connectivity index (χ1n) is 8.37. The van der Waals surface area contributed by atoms with E-state index >= 15 is 0 Å². The van der Waals surface area contributed by atoms with Gasteiger partial charge in [0.05, 0.1) is 11.0 Å². The lowest BCUT2D eigenvalue weighted by Gasteiger charge is -2.20. The van der Waals surface area contributed by atoms with Crippen molar-refractivity contribution < 1.29 is 9.72 Å². The SMILES string of the molecule is O=C(CC(Nc1ccc(Cl)cc1)c1ccc([N+](=O)[O-])cc1)c1ccccc1. The molecule has 0 spiro atoms. The van der Waals surface area contributed by atoms with E-state index < -0.39 is 4.92 Å². The number of ketones is 1. The van der Waals surface area contributed by atoms with Gasteiger partial charge in [0.25, 0.3) is 5.69 Å². The zero-order chi connectivity index (χ0) is 19.2. The number of nitro benzene ring substituents is 1. The molecule has 1 N–H and O–H groups in total. The Morgan fingerprint density at radius 2 is 1.59 bits per heavy atom. The lowest BCUT2D eigenvalue weighted by Crippen LogP contribution is -2.16. The number of anilines is 1. The van der Waals surface area contributed by atoms with Crippen molar-refractivity contribution in [2.24, 2.45) is 0 Å². The Bertz CT molecular complexity index is 926. The Hall–Kier alpha value is -3.18. The number of benzene rings is 3. The first kappa shape index (κ1) is 18.6. The minimum atomic E-state index is -0.444. The van der Waals surface area contributed by atoms with Crippen LogP contribution in [0.15, 0.2) is 78.9 Å². The van der Waals surface area contributed by atoms with Crippen molar-refractivity contribution in [1.82, 2.24) is 0 Å². The molecule has 0 fully saturated rings. The highest BCUT2D eigenvalue weighted by atomic mass is 35.5. The molecule has 136 valence electrons. The third-order valence-electron chi connectivity index (χ3n) is 4.18. The maximum Gasteiger partial charge on any atom is 0.269 e. The third-order valence-corrected chi connectivity index (χ3v) is 4.43. The molecule has 3 rings (SSSR count). The Kier molecular flexibility index (Phi) is 5.84. The minimum Gasteiger partial charge on any atom is -0.378 e. The van der Waals surface area contributed by atoms with E-state index in [1.54, 1.807) is 36.4 Å². The molecule has 1 atom stereocenters. The Morgan fingerprint density at radius 1 is 0.963 bits per heavy atom. The fourth-order valence-electron chi connectivity index (χ4n) is 2.76. The van der Waals surface area contributed by atoms with Crippen LogP contribution in [0.25, 0.3) is 0 Å². The lowest BCUT2D eigenvalue weighted by molar-refractivity contribution is -0.384. The van der Waals surface area contributed by atoms with E-state index in [-0.39, 0.29) is 23.9 Å². The summed E-state index contributed by atoms with van der Waals surface area (Å²) in [7, 11) is 0. The molecule has 0 aromatic heterocycles. The number of nitrogens with zero attached hydrogens (tertiary/aromatic N) is 1. The third kappa shape index (κ3) is 4.92. The zero-order valence-corrected chi connectivity index (χ0v) is 15.1. The summed E-state index contributed by atoms with van der Waals surface area (Å²) in [6.45, 7) is 0. The zero-order valence-electron chi connectivity index (χ0n) is 14.3. The maximum atomic E-state index is 12.7. The fraction of sp³-hybridized carbons (Fsp3) is 0.0952. The molecule has 0 aliphatic carbocycles. The van der Waals surface area contributed by atoms with Crippen LogP contribution in [-0.2, 0) is 0 Å². The number of Topliss-reactive ketones (excluding diaryl/α,β-unsaturated/α-hetero) is 1. The van der Waals surface area contributed by atoms with E-state index in [1.807, 2.05) is 30.3 Å². The fourth-order valence-corrected chi connectivity index (χ4v) is 2.88. The lowest BCUT2D eigenvalue weighted by atomic mass is 9.97. The molecule has 3 aromatic rings.